The number of nitrogens with one attached hydrogen (secondary N) is 2. The van der Waals surface area contributed by atoms with Crippen molar-refractivity contribution in [3.63, 3.8) is 0 Å². The molecule has 8 nitrogen and oxygen atoms in total. The van der Waals surface area contributed by atoms with Crippen molar-refractivity contribution in [1.82, 2.24) is 4.90 Å². The Morgan fingerprint density at radius 3 is 2.59 bits per heavy atom. The normalized spacial score (nSPS) is 19.1. The molecule has 8 heteroatoms. The second-order valence-corrected chi connectivity index (χ2v) is 7.69. The summed E-state index contributed by atoms with van der Waals surface area (Å²) in [6, 6.07) is 4.70. The number of amides is 1. The molecule has 0 aliphatic heterocycles. The molecular weight excluding hydrogens is 374 g/mol. The smallest absolute Gasteiger partial charge is 0.257 e. The number of methoxy groups -OCH3 is 1. The first-order valence-electron chi connectivity index (χ1n) is 9.74. The maximum Gasteiger partial charge on any atom is 0.257 e. The van der Waals surface area contributed by atoms with Crippen LogP contribution in [-0.4, -0.2) is 49.8 Å². The third kappa shape index (κ3) is 4.12. The highest BCUT2D eigenvalue weighted by atomic mass is 16.5. The lowest BCUT2D eigenvalue weighted by molar-refractivity contribution is 0.0824. The molecule has 2 atom stereocenters. The molecule has 29 heavy (non-hydrogen) atoms. The molecule has 1 amide bonds. The van der Waals surface area contributed by atoms with Crippen LogP contribution in [0.25, 0.3) is 0 Å². The minimum absolute atomic E-state index is 0. The molecule has 1 aliphatic rings. The molecule has 1 fully saturated rings. The third-order valence-corrected chi connectivity index (χ3v) is 5.46. The summed E-state index contributed by atoms with van der Waals surface area (Å²) in [6.07, 6.45) is 4.05. The fourth-order valence-electron chi connectivity index (χ4n) is 3.84. The Morgan fingerprint density at radius 2 is 1.90 bits per heavy atom. The van der Waals surface area contributed by atoms with Crippen molar-refractivity contribution in [2.75, 3.05) is 38.4 Å². The number of rotatable bonds is 7. The average Bonchev–Trinajstić information content (AvgIpc) is 2.72. The van der Waals surface area contributed by atoms with E-state index < -0.39 is 10.9 Å². The molecule has 160 valence electrons. The summed E-state index contributed by atoms with van der Waals surface area (Å²) in [4.78, 5) is 37.9. The summed E-state index contributed by atoms with van der Waals surface area (Å²) in [5, 5.41) is 16.6. The predicted molar refractivity (Wildman–Crippen MR) is 116 cm³/mol. The first-order valence-corrected chi connectivity index (χ1v) is 9.74. The standard InChI is InChI=1S/C21H27N3O5.2H2/c1-24(2)21(28)13-8-6-10-15(18(13)25)23-17-16(19(26)20(17)27)22-14-9-5-4-7-12(14)11-29-3;;/h6,8,10,12,14,22-23,25H,4-5,7,9,11H2,1-3H3;2*1H/t12-,14-;;/m0../s1. The maximum absolute atomic E-state index is 12.2. The van der Waals surface area contributed by atoms with Gasteiger partial charge < -0.3 is 25.4 Å². The second kappa shape index (κ2) is 8.65. The van der Waals surface area contributed by atoms with Crippen LogP contribution in [0.15, 0.2) is 27.8 Å². The number of phenols is 1. The Balaban J connectivity index is 0.00000240. The largest absolute Gasteiger partial charge is 0.505 e. The number of carbonyl (C=O) groups excluding carboxylic acids is 1. The predicted octanol–water partition coefficient (Wildman–Crippen LogP) is 2.54. The van der Waals surface area contributed by atoms with Gasteiger partial charge in [-0.1, -0.05) is 18.9 Å². The Morgan fingerprint density at radius 1 is 1.21 bits per heavy atom. The van der Waals surface area contributed by atoms with Crippen molar-refractivity contribution in [3.8, 4) is 5.75 Å². The van der Waals surface area contributed by atoms with Gasteiger partial charge in [-0.05, 0) is 25.0 Å². The highest BCUT2D eigenvalue weighted by Crippen LogP contribution is 2.33. The number of phenolic OH excluding ortho intramolecular Hbond substituents is 1. The quantitative estimate of drug-likeness (QED) is 0.480. The number of aromatic hydroxyl groups is 1. The number of hydrogen-bond acceptors (Lipinski definition) is 7. The molecule has 2 aromatic rings. The molecule has 1 aliphatic carbocycles. The maximum atomic E-state index is 12.2. The number of anilines is 3. The van der Waals surface area contributed by atoms with Gasteiger partial charge in [-0.25, -0.2) is 0 Å². The molecule has 0 saturated heterocycles. The van der Waals surface area contributed by atoms with Gasteiger partial charge in [-0.3, -0.25) is 14.4 Å². The number of para-hydroxylation sites is 1. The summed E-state index contributed by atoms with van der Waals surface area (Å²) in [6.45, 7) is 0.589. The zero-order valence-corrected chi connectivity index (χ0v) is 16.9. The van der Waals surface area contributed by atoms with Gasteiger partial charge in [0.15, 0.2) is 5.75 Å². The molecule has 3 rings (SSSR count). The van der Waals surface area contributed by atoms with Crippen molar-refractivity contribution >= 4 is 23.0 Å². The van der Waals surface area contributed by atoms with E-state index in [0.29, 0.717) is 6.61 Å². The van der Waals surface area contributed by atoms with Gasteiger partial charge in [-0.2, -0.15) is 0 Å². The molecule has 0 heterocycles. The van der Waals surface area contributed by atoms with Crippen LogP contribution in [0.4, 0.5) is 17.1 Å². The number of benzene rings is 1. The molecule has 3 N–H and O–H groups in total. The molecule has 1 saturated carbocycles. The highest BCUT2D eigenvalue weighted by molar-refractivity contribution is 5.99. The summed E-state index contributed by atoms with van der Waals surface area (Å²) in [5.74, 6) is -0.361. The molecule has 0 spiro atoms. The van der Waals surface area contributed by atoms with Gasteiger partial charge in [0.05, 0.1) is 17.9 Å². The topological polar surface area (TPSA) is 108 Å². The van der Waals surface area contributed by atoms with E-state index in [1.54, 1.807) is 33.3 Å². The lowest BCUT2D eigenvalue weighted by Crippen LogP contribution is -2.42. The highest BCUT2D eigenvalue weighted by Gasteiger charge is 2.30. The van der Waals surface area contributed by atoms with Crippen LogP contribution in [0.1, 0.15) is 38.9 Å². The minimum atomic E-state index is -0.643. The van der Waals surface area contributed by atoms with Gasteiger partial charge in [0.25, 0.3) is 16.8 Å². The van der Waals surface area contributed by atoms with Crippen molar-refractivity contribution in [1.29, 1.82) is 0 Å². The first kappa shape index (κ1) is 20.9. The second-order valence-electron chi connectivity index (χ2n) is 7.69. The van der Waals surface area contributed by atoms with Gasteiger partial charge in [0, 0.05) is 36.0 Å². The van der Waals surface area contributed by atoms with Gasteiger partial charge in [0.2, 0.25) is 0 Å². The van der Waals surface area contributed by atoms with E-state index in [4.69, 9.17) is 4.74 Å². The van der Waals surface area contributed by atoms with E-state index in [2.05, 4.69) is 10.6 Å². The number of carbonyl (C=O) groups is 1. The molecular formula is C21H31N3O5. The van der Waals surface area contributed by atoms with Gasteiger partial charge >= 0.3 is 0 Å². The van der Waals surface area contributed by atoms with E-state index in [1.165, 1.54) is 11.0 Å². The lowest BCUT2D eigenvalue weighted by atomic mass is 9.84. The van der Waals surface area contributed by atoms with Crippen molar-refractivity contribution < 1.29 is 17.5 Å². The first-order chi connectivity index (χ1) is 13.8. The molecule has 2 aromatic carbocycles. The summed E-state index contributed by atoms with van der Waals surface area (Å²) in [5.41, 5.74) is -0.566. The van der Waals surface area contributed by atoms with Crippen LogP contribution < -0.4 is 21.5 Å². The number of ether oxygens (including phenoxy) is 1. The number of nitrogens with zero attached hydrogens (tertiary/aromatic N) is 1. The summed E-state index contributed by atoms with van der Waals surface area (Å²) >= 11 is 0. The zero-order chi connectivity index (χ0) is 21.1. The van der Waals surface area contributed by atoms with E-state index in [1.807, 2.05) is 0 Å². The van der Waals surface area contributed by atoms with E-state index >= 15 is 0 Å². The molecule has 0 bridgehead atoms. The van der Waals surface area contributed by atoms with Crippen LogP contribution in [0.3, 0.4) is 0 Å². The average molecular weight is 405 g/mol. The fourth-order valence-corrected chi connectivity index (χ4v) is 3.84. The van der Waals surface area contributed by atoms with Crippen LogP contribution >= 0.6 is 0 Å². The summed E-state index contributed by atoms with van der Waals surface area (Å²) < 4.78 is 5.29. The Kier molecular flexibility index (Phi) is 6.22. The van der Waals surface area contributed by atoms with Crippen LogP contribution in [0, 0.1) is 5.92 Å². The molecule has 0 radical (unpaired) electrons. The third-order valence-electron chi connectivity index (χ3n) is 5.46. The van der Waals surface area contributed by atoms with Crippen LogP contribution in [0.2, 0.25) is 0 Å². The van der Waals surface area contributed by atoms with Gasteiger partial charge in [0.1, 0.15) is 11.4 Å². The van der Waals surface area contributed by atoms with E-state index in [-0.39, 0.29) is 49.1 Å². The molecule has 0 unspecified atom stereocenters. The SMILES string of the molecule is COC[C@@H]1CCCC[C@@H]1Nc1c(Nc2cccc(C(=O)N(C)C)c2O)c(=O)c1=O.[HH].[HH]. The van der Waals surface area contributed by atoms with E-state index in [9.17, 15) is 19.5 Å². The molecule has 0 aromatic heterocycles. The van der Waals surface area contributed by atoms with Crippen LogP contribution in [-0.2, 0) is 4.74 Å². The summed E-state index contributed by atoms with van der Waals surface area (Å²) in [7, 11) is 4.82. The van der Waals surface area contributed by atoms with Gasteiger partial charge in [-0.15, -0.1) is 0 Å². The van der Waals surface area contributed by atoms with Crippen molar-refractivity contribution in [3.05, 3.63) is 44.2 Å². The van der Waals surface area contributed by atoms with Crippen molar-refractivity contribution in [2.45, 2.75) is 31.7 Å². The Labute approximate surface area is 172 Å². The Hall–Kier alpha value is -2.87. The minimum Gasteiger partial charge on any atom is -0.505 e. The Bertz CT molecular complexity index is 971. The van der Waals surface area contributed by atoms with Crippen LogP contribution in [0.5, 0.6) is 5.75 Å². The number of hydrogen-bond donors (Lipinski definition) is 3. The fraction of sp³-hybridized carbons (Fsp3) is 0.476. The lowest BCUT2D eigenvalue weighted by Gasteiger charge is -2.33. The van der Waals surface area contributed by atoms with E-state index in [0.717, 1.165) is 25.7 Å². The zero-order valence-electron chi connectivity index (χ0n) is 16.9. The van der Waals surface area contributed by atoms with Crippen molar-refractivity contribution in [2.24, 2.45) is 5.92 Å². The monoisotopic (exact) mass is 405 g/mol.